The molecule has 1 aliphatic rings. The van der Waals surface area contributed by atoms with Crippen molar-refractivity contribution >= 4 is 17.6 Å². The van der Waals surface area contributed by atoms with Crippen molar-refractivity contribution in [2.24, 2.45) is 5.18 Å². The van der Waals surface area contributed by atoms with Gasteiger partial charge in [0.15, 0.2) is 11.5 Å². The van der Waals surface area contributed by atoms with E-state index in [2.05, 4.69) is 27.6 Å². The van der Waals surface area contributed by atoms with Gasteiger partial charge in [-0.15, -0.1) is 11.8 Å². The van der Waals surface area contributed by atoms with Crippen molar-refractivity contribution in [3.8, 4) is 34.8 Å². The Morgan fingerprint density at radius 1 is 1.25 bits per heavy atom. The molecule has 0 bridgehead atoms. The highest BCUT2D eigenvalue weighted by molar-refractivity contribution is 7.99. The number of hydrogen-bond acceptors (Lipinski definition) is 10. The van der Waals surface area contributed by atoms with Gasteiger partial charge in [0.05, 0.1) is 18.7 Å². The molecule has 9 nitrogen and oxygen atoms in total. The molecule has 0 saturated carbocycles. The van der Waals surface area contributed by atoms with Crippen LogP contribution >= 0.6 is 11.8 Å². The summed E-state index contributed by atoms with van der Waals surface area (Å²) >= 11 is 1.20. The summed E-state index contributed by atoms with van der Waals surface area (Å²) < 4.78 is 10.7. The predicted octanol–water partition coefficient (Wildman–Crippen LogP) is 2.48. The second kappa shape index (κ2) is 9.04. The first-order valence-electron chi connectivity index (χ1n) is 8.28. The molecule has 0 unspecified atom stereocenters. The average Bonchev–Trinajstić information content (AvgIpc) is 3.19. The molecular formula is C18H15N5O4S. The topological polar surface area (TPSA) is 141 Å². The Hall–Kier alpha value is -3.34. The Labute approximate surface area is 164 Å². The molecule has 2 aromatic rings. The normalized spacial score (nSPS) is 11.5. The van der Waals surface area contributed by atoms with Gasteiger partial charge in [-0.2, -0.15) is 15.4 Å². The maximum Gasteiger partial charge on any atom is 0.231 e. The van der Waals surface area contributed by atoms with Crippen molar-refractivity contribution in [3.05, 3.63) is 34.2 Å². The first kappa shape index (κ1) is 19.4. The minimum Gasteiger partial charge on any atom is -0.454 e. The molecule has 0 atom stereocenters. The lowest BCUT2D eigenvalue weighted by molar-refractivity contribution is 0.174. The van der Waals surface area contributed by atoms with Crippen LogP contribution in [0.5, 0.6) is 11.5 Å². The van der Waals surface area contributed by atoms with Crippen molar-refractivity contribution in [2.75, 3.05) is 37.6 Å². The van der Waals surface area contributed by atoms with Crippen molar-refractivity contribution in [3.63, 3.8) is 0 Å². The fourth-order valence-corrected chi connectivity index (χ4v) is 3.44. The minimum absolute atomic E-state index is 0.00498. The Morgan fingerprint density at radius 3 is 2.75 bits per heavy atom. The van der Waals surface area contributed by atoms with E-state index in [9.17, 15) is 15.4 Å². The molecule has 3 rings (SSSR count). The molecule has 1 aromatic heterocycles. The van der Waals surface area contributed by atoms with Crippen LogP contribution in [0.3, 0.4) is 0 Å². The first-order chi connectivity index (χ1) is 13.7. The van der Waals surface area contributed by atoms with Crippen LogP contribution in [0.1, 0.15) is 11.1 Å². The van der Waals surface area contributed by atoms with Gasteiger partial charge in [0.25, 0.3) is 0 Å². The highest BCUT2D eigenvalue weighted by atomic mass is 32.2. The van der Waals surface area contributed by atoms with Crippen LogP contribution in [0.4, 0.5) is 5.82 Å². The summed E-state index contributed by atoms with van der Waals surface area (Å²) in [5.74, 6) is 1.69. The van der Waals surface area contributed by atoms with Gasteiger partial charge in [0, 0.05) is 17.9 Å². The van der Waals surface area contributed by atoms with Gasteiger partial charge in [0.1, 0.15) is 28.5 Å². The molecule has 2 heterocycles. The van der Waals surface area contributed by atoms with Crippen LogP contribution in [0, 0.1) is 27.6 Å². The Bertz CT molecular complexity index is 983. The van der Waals surface area contributed by atoms with E-state index >= 15 is 0 Å². The maximum atomic E-state index is 10.4. The fourth-order valence-electron chi connectivity index (χ4n) is 2.71. The van der Waals surface area contributed by atoms with E-state index in [0.717, 1.165) is 0 Å². The molecule has 0 aliphatic carbocycles. The highest BCUT2D eigenvalue weighted by Gasteiger charge is 2.23. The number of pyridine rings is 1. The Balaban J connectivity index is 2.19. The van der Waals surface area contributed by atoms with Crippen LogP contribution in [0.2, 0.25) is 0 Å². The van der Waals surface area contributed by atoms with Crippen molar-refractivity contribution < 1.29 is 14.6 Å². The molecule has 10 heteroatoms. The lowest BCUT2D eigenvalue weighted by Crippen LogP contribution is -2.10. The number of rotatable bonds is 8. The molecule has 142 valence electrons. The zero-order valence-corrected chi connectivity index (χ0v) is 15.5. The minimum atomic E-state index is -0.0889. The highest BCUT2D eigenvalue weighted by Crippen LogP contribution is 2.41. The second-order valence-corrected chi connectivity index (χ2v) is 6.62. The van der Waals surface area contributed by atoms with Gasteiger partial charge in [0.2, 0.25) is 6.79 Å². The lowest BCUT2D eigenvalue weighted by Gasteiger charge is -2.15. The number of nitrogens with one attached hydrogen (secondary N) is 1. The largest absolute Gasteiger partial charge is 0.454 e. The summed E-state index contributed by atoms with van der Waals surface area (Å²) in [5, 5.41) is 34.8. The molecule has 0 radical (unpaired) electrons. The summed E-state index contributed by atoms with van der Waals surface area (Å²) in [6.07, 6.45) is 0. The molecule has 1 aliphatic heterocycles. The van der Waals surface area contributed by atoms with E-state index in [1.54, 1.807) is 18.2 Å². The summed E-state index contributed by atoms with van der Waals surface area (Å²) in [4.78, 5) is 14.8. The Morgan fingerprint density at radius 2 is 2.04 bits per heavy atom. The number of aliphatic hydroxyl groups is 1. The smallest absolute Gasteiger partial charge is 0.231 e. The summed E-state index contributed by atoms with van der Waals surface area (Å²) in [7, 11) is 0. The van der Waals surface area contributed by atoms with Gasteiger partial charge in [-0.25, -0.2) is 4.98 Å². The zero-order valence-electron chi connectivity index (χ0n) is 14.6. The molecule has 28 heavy (non-hydrogen) atoms. The molecule has 2 N–H and O–H groups in total. The van der Waals surface area contributed by atoms with Crippen LogP contribution < -0.4 is 14.8 Å². The molecule has 0 spiro atoms. The van der Waals surface area contributed by atoms with Crippen molar-refractivity contribution in [1.82, 2.24) is 4.98 Å². The van der Waals surface area contributed by atoms with E-state index in [0.29, 0.717) is 33.4 Å². The number of nitriles is 2. The molecular weight excluding hydrogens is 382 g/mol. The number of thioether (sulfide) groups is 1. The van der Waals surface area contributed by atoms with Crippen LogP contribution in [-0.4, -0.2) is 42.3 Å². The first-order valence-corrected chi connectivity index (χ1v) is 9.27. The van der Waals surface area contributed by atoms with Gasteiger partial charge in [-0.1, -0.05) is 11.2 Å². The van der Waals surface area contributed by atoms with Gasteiger partial charge in [-0.05, 0) is 17.7 Å². The van der Waals surface area contributed by atoms with Gasteiger partial charge >= 0.3 is 0 Å². The third kappa shape index (κ3) is 3.83. The number of nitrogens with zero attached hydrogens (tertiary/aromatic N) is 4. The number of anilines is 1. The van der Waals surface area contributed by atoms with Crippen molar-refractivity contribution in [2.45, 2.75) is 5.03 Å². The summed E-state index contributed by atoms with van der Waals surface area (Å²) in [6, 6.07) is 9.38. The monoisotopic (exact) mass is 397 g/mol. The van der Waals surface area contributed by atoms with E-state index < -0.39 is 0 Å². The number of fused-ring (bicyclic) bond motifs is 1. The lowest BCUT2D eigenvalue weighted by atomic mass is 9.96. The molecule has 0 amide bonds. The number of nitroso groups, excluding NO2 is 1. The van der Waals surface area contributed by atoms with Gasteiger partial charge < -0.3 is 19.9 Å². The van der Waals surface area contributed by atoms with E-state index in [1.807, 2.05) is 0 Å². The molecule has 0 fully saturated rings. The standard InChI is InChI=1S/C18H15N5O4S/c19-8-12-16(11-1-2-14-15(7-11)27-10-26-14)13(9-20)18(28-6-5-24)23-17(12)21-3-4-22-25/h1-2,7,24H,3-6,10H2,(H,21,23). The van der Waals surface area contributed by atoms with E-state index in [4.69, 9.17) is 14.6 Å². The Kier molecular flexibility index (Phi) is 6.27. The van der Waals surface area contributed by atoms with Crippen LogP contribution in [0.15, 0.2) is 28.4 Å². The zero-order chi connectivity index (χ0) is 19.9. The molecule has 0 saturated heterocycles. The average molecular weight is 397 g/mol. The quantitative estimate of drug-likeness (QED) is 0.390. The second-order valence-electron chi connectivity index (χ2n) is 5.53. The predicted molar refractivity (Wildman–Crippen MR) is 102 cm³/mol. The van der Waals surface area contributed by atoms with E-state index in [-0.39, 0.29) is 43.4 Å². The fraction of sp³-hybridized carbons (Fsp3) is 0.278. The maximum absolute atomic E-state index is 10.4. The third-order valence-corrected chi connectivity index (χ3v) is 4.83. The van der Waals surface area contributed by atoms with Gasteiger partial charge in [-0.3, -0.25) is 0 Å². The van der Waals surface area contributed by atoms with Crippen LogP contribution in [0.25, 0.3) is 11.1 Å². The number of aliphatic hydroxyl groups excluding tert-OH is 1. The number of aromatic nitrogens is 1. The van der Waals surface area contributed by atoms with E-state index in [1.165, 1.54) is 11.8 Å². The van der Waals surface area contributed by atoms with Crippen LogP contribution in [-0.2, 0) is 0 Å². The molecule has 1 aromatic carbocycles. The summed E-state index contributed by atoms with van der Waals surface area (Å²) in [5.41, 5.74) is 1.41. The number of ether oxygens (including phenoxy) is 2. The number of hydrogen-bond donors (Lipinski definition) is 2. The SMILES string of the molecule is N#Cc1c(NCCN=O)nc(SCCO)c(C#N)c1-c1ccc2c(c1)OCO2. The number of benzene rings is 1. The van der Waals surface area contributed by atoms with Crippen molar-refractivity contribution in [1.29, 1.82) is 10.5 Å². The third-order valence-electron chi connectivity index (χ3n) is 3.87. The summed E-state index contributed by atoms with van der Waals surface area (Å²) in [6.45, 7) is 0.218.